The van der Waals surface area contributed by atoms with Gasteiger partial charge in [0.2, 0.25) is 0 Å². The van der Waals surface area contributed by atoms with Crippen LogP contribution in [0.15, 0.2) is 43.0 Å². The van der Waals surface area contributed by atoms with E-state index in [2.05, 4.69) is 26.0 Å². The van der Waals surface area contributed by atoms with Crippen molar-refractivity contribution in [3.8, 4) is 6.07 Å². The first-order valence-corrected chi connectivity index (χ1v) is 12.6. The minimum absolute atomic E-state index is 0. The predicted molar refractivity (Wildman–Crippen MR) is 158 cm³/mol. The lowest BCUT2D eigenvalue weighted by molar-refractivity contribution is -0.193. The Bertz CT molecular complexity index is 1340. The topological polar surface area (TPSA) is 231 Å². The Kier molecular flexibility index (Phi) is 46.3. The van der Waals surface area contributed by atoms with Crippen LogP contribution in [0, 0.1) is 25.2 Å². The highest BCUT2D eigenvalue weighted by Gasteiger charge is 2.15. The maximum atomic E-state index is 11.5. The molecule has 0 amide bonds. The minimum Gasteiger partial charge on any atom is -1.00 e. The van der Waals surface area contributed by atoms with Crippen molar-refractivity contribution in [2.75, 3.05) is 20.8 Å². The van der Waals surface area contributed by atoms with E-state index in [4.69, 9.17) is 50.4 Å². The number of carbonyl (C=O) groups is 3. The van der Waals surface area contributed by atoms with Crippen molar-refractivity contribution >= 4 is 54.0 Å². The number of ether oxygens (including phenoxy) is 3. The average Bonchev–Trinajstić information content (AvgIpc) is 3.03. The molecule has 0 aromatic carbocycles. The Balaban J connectivity index is -0.000000124. The third-order valence-electron chi connectivity index (χ3n) is 4.58. The van der Waals surface area contributed by atoms with E-state index in [9.17, 15) is 14.4 Å². The van der Waals surface area contributed by atoms with E-state index in [0.29, 0.717) is 24.0 Å². The molecule has 0 fully saturated rings. The van der Waals surface area contributed by atoms with Crippen molar-refractivity contribution in [2.24, 2.45) is 0 Å². The van der Waals surface area contributed by atoms with Gasteiger partial charge in [-0.05, 0) is 61.1 Å². The summed E-state index contributed by atoms with van der Waals surface area (Å²) in [6.07, 6.45) is 9.58. The highest BCUT2D eigenvalue weighted by molar-refractivity contribution is 6.25. The molecule has 17 heteroatoms. The summed E-state index contributed by atoms with van der Waals surface area (Å²) in [7, 11) is 2.69. The number of rotatable bonds is 7. The number of allylic oxidation sites excluding steroid dienone is 2. The molecule has 256 valence electrons. The van der Waals surface area contributed by atoms with E-state index >= 15 is 0 Å². The molecule has 2 aromatic rings. The zero-order valence-corrected chi connectivity index (χ0v) is 28.2. The number of aromatic nitrogens is 2. The molecule has 15 nitrogen and oxygen atoms in total. The number of nitriles is 1. The Hall–Kier alpha value is -5.60. The van der Waals surface area contributed by atoms with Gasteiger partial charge in [-0.25, -0.2) is 9.59 Å². The smallest absolute Gasteiger partial charge is 0.373 e. The van der Waals surface area contributed by atoms with Crippen LogP contribution in [0.4, 0.5) is 0 Å². The summed E-state index contributed by atoms with van der Waals surface area (Å²) >= 11 is 4.76. The van der Waals surface area contributed by atoms with Crippen LogP contribution in [-0.4, -0.2) is 67.7 Å². The number of esters is 2. The summed E-state index contributed by atoms with van der Waals surface area (Å²) in [6.45, 7) is 12.9. The quantitative estimate of drug-likeness (QED) is 0.167. The van der Waals surface area contributed by atoms with Crippen molar-refractivity contribution < 1.29 is 69.8 Å². The number of pyridine rings is 2. The van der Waals surface area contributed by atoms with Crippen LogP contribution in [-0.2, 0) is 54.2 Å². The highest BCUT2D eigenvalue weighted by atomic mass is 35.5. The van der Waals surface area contributed by atoms with Crippen molar-refractivity contribution in [3.63, 3.8) is 0 Å². The third kappa shape index (κ3) is 28.9. The molecule has 47 heavy (non-hydrogen) atoms. The van der Waals surface area contributed by atoms with Gasteiger partial charge in [-0.2, -0.15) is 34.0 Å². The van der Waals surface area contributed by atoms with E-state index in [1.54, 1.807) is 24.7 Å². The fourth-order valence-electron chi connectivity index (χ4n) is 2.92. The van der Waals surface area contributed by atoms with Crippen LogP contribution >= 0.6 is 11.6 Å². The molecule has 2 heterocycles. The summed E-state index contributed by atoms with van der Waals surface area (Å²) in [4.78, 5) is 89.7. The molecule has 0 spiro atoms. The molecule has 0 N–H and O–H groups in total. The number of methoxy groups -OCH3 is 2. The van der Waals surface area contributed by atoms with E-state index in [1.807, 2.05) is 33.8 Å². The fraction of sp³-hybridized carbons (Fsp3) is 0.300. The zero-order chi connectivity index (χ0) is 36.9. The van der Waals surface area contributed by atoms with Crippen molar-refractivity contribution in [3.05, 3.63) is 76.4 Å². The average molecular weight is 700 g/mol. The molecule has 0 aliphatic carbocycles. The van der Waals surface area contributed by atoms with Gasteiger partial charge in [0.15, 0.2) is 0 Å². The van der Waals surface area contributed by atoms with E-state index in [-0.39, 0.29) is 43.4 Å². The van der Waals surface area contributed by atoms with Crippen molar-refractivity contribution in [2.45, 2.75) is 41.0 Å². The van der Waals surface area contributed by atoms with Gasteiger partial charge in [0, 0.05) is 38.1 Å². The van der Waals surface area contributed by atoms with Gasteiger partial charge in [-0.15, -0.1) is 0 Å². The standard InChI is InChI=1S/C12H15NO2.C11H13NO4.C2H3Cl.C2H3N.3CO2.ClH/c1-5-8(2)11-9(3)6-13-7-10(11)12(14)15-4;1-8-5-12-6-10(11(14)15-2)9(8)3-4-16-7-13;2*1-2-3;3*2-1-3;/h5-7H,1-4H3;5-7H,3-4H2,1-2H3;2H,1H2;1H3;;;;1H/p-1/b8-5+;;;;;;;. The van der Waals surface area contributed by atoms with Crippen LogP contribution in [0.1, 0.15) is 63.7 Å². The van der Waals surface area contributed by atoms with Gasteiger partial charge in [-0.1, -0.05) is 24.3 Å². The molecule has 0 radical (unpaired) electrons. The second-order valence-electron chi connectivity index (χ2n) is 7.16. The molecular formula is C30H34Cl2N3O12-. The first-order chi connectivity index (χ1) is 21.9. The van der Waals surface area contributed by atoms with Gasteiger partial charge < -0.3 is 26.6 Å². The molecule has 0 saturated carbocycles. The van der Waals surface area contributed by atoms with Gasteiger partial charge in [0.05, 0.1) is 38.0 Å². The number of hydrogen-bond donors (Lipinski definition) is 0. The highest BCUT2D eigenvalue weighted by Crippen LogP contribution is 2.22. The minimum atomic E-state index is -0.433. The van der Waals surface area contributed by atoms with Crippen molar-refractivity contribution in [1.82, 2.24) is 9.97 Å². The van der Waals surface area contributed by atoms with Crippen LogP contribution in [0.25, 0.3) is 5.57 Å². The Morgan fingerprint density at radius 3 is 1.62 bits per heavy atom. The molecular weight excluding hydrogens is 665 g/mol. The van der Waals surface area contributed by atoms with Crippen LogP contribution in [0.3, 0.4) is 0 Å². The van der Waals surface area contributed by atoms with Gasteiger partial charge >= 0.3 is 30.4 Å². The Morgan fingerprint density at radius 2 is 1.26 bits per heavy atom. The van der Waals surface area contributed by atoms with Crippen LogP contribution < -0.4 is 12.4 Å². The predicted octanol–water partition coefficient (Wildman–Crippen LogP) is 0.644. The van der Waals surface area contributed by atoms with Gasteiger partial charge in [0.1, 0.15) is 0 Å². The summed E-state index contributed by atoms with van der Waals surface area (Å²) in [5.74, 6) is -0.778. The monoisotopic (exact) mass is 698 g/mol. The molecule has 0 aliphatic heterocycles. The molecule has 0 bridgehead atoms. The van der Waals surface area contributed by atoms with Crippen LogP contribution in [0.5, 0.6) is 0 Å². The van der Waals surface area contributed by atoms with Gasteiger partial charge in [-0.3, -0.25) is 14.8 Å². The zero-order valence-electron chi connectivity index (χ0n) is 26.7. The lowest BCUT2D eigenvalue weighted by Gasteiger charge is -2.10. The molecule has 0 unspecified atom stereocenters. The number of hydrogen-bond acceptors (Lipinski definition) is 15. The first-order valence-electron chi connectivity index (χ1n) is 12.1. The third-order valence-corrected chi connectivity index (χ3v) is 4.58. The van der Waals surface area contributed by atoms with Crippen LogP contribution in [0.2, 0.25) is 0 Å². The molecule has 0 saturated heterocycles. The molecule has 0 aliphatic rings. The second-order valence-corrected chi connectivity index (χ2v) is 7.47. The second kappa shape index (κ2) is 40.4. The molecule has 0 atom stereocenters. The molecule has 2 rings (SSSR count). The number of nitrogens with zero attached hydrogens (tertiary/aromatic N) is 3. The van der Waals surface area contributed by atoms with E-state index in [1.165, 1.54) is 32.9 Å². The molecule has 2 aromatic heterocycles. The number of carbonyl (C=O) groups excluding carboxylic acids is 9. The Labute approximate surface area is 283 Å². The number of halogens is 2. The summed E-state index contributed by atoms with van der Waals surface area (Å²) in [6, 6.07) is 1.75. The lowest BCUT2D eigenvalue weighted by Crippen LogP contribution is -3.00. The largest absolute Gasteiger partial charge is 1.00 e. The van der Waals surface area contributed by atoms with E-state index < -0.39 is 5.97 Å². The maximum Gasteiger partial charge on any atom is 0.373 e. The van der Waals surface area contributed by atoms with E-state index in [0.717, 1.165) is 27.8 Å². The first kappa shape index (κ1) is 53.9. The fourth-order valence-corrected chi connectivity index (χ4v) is 2.92. The van der Waals surface area contributed by atoms with Crippen molar-refractivity contribution in [1.29, 1.82) is 5.26 Å². The lowest BCUT2D eigenvalue weighted by atomic mass is 9.98. The SMILES string of the molecule is C/C=C(\C)c1c(C)cncc1C(=O)OC.C=CCl.CC#N.COC(=O)c1cncc(C)c1CCOC=O.O=C=O.O=C=O.O=C=O.[Cl-]. The normalized spacial score (nSPS) is 7.85. The summed E-state index contributed by atoms with van der Waals surface area (Å²) in [5.41, 5.74) is 6.77. The number of aryl methyl sites for hydroxylation is 2. The summed E-state index contributed by atoms with van der Waals surface area (Å²) in [5, 5.41) is 7.32. The maximum absolute atomic E-state index is 11.5. The Morgan fingerprint density at radius 1 is 0.894 bits per heavy atom. The van der Waals surface area contributed by atoms with Gasteiger partial charge in [0.25, 0.3) is 6.47 Å². The summed E-state index contributed by atoms with van der Waals surface area (Å²) < 4.78 is 14.0.